The van der Waals surface area contributed by atoms with E-state index in [1.54, 1.807) is 18.4 Å². The number of benzene rings is 2. The van der Waals surface area contributed by atoms with Crippen molar-refractivity contribution in [2.75, 3.05) is 20.0 Å². The highest BCUT2D eigenvalue weighted by Crippen LogP contribution is 2.26. The maximum Gasteiger partial charge on any atom is 0.573 e. The number of carbonyl (C=O) groups is 2. The Morgan fingerprint density at radius 2 is 1.71 bits per heavy atom. The van der Waals surface area contributed by atoms with Crippen molar-refractivity contribution in [1.82, 2.24) is 5.32 Å². The molecule has 0 aliphatic rings. The molecule has 31 heavy (non-hydrogen) atoms. The Bertz CT molecular complexity index is 844. The summed E-state index contributed by atoms with van der Waals surface area (Å²) in [4.78, 5) is 22.3. The second kappa shape index (κ2) is 11.6. The molecule has 0 radical (unpaired) electrons. The van der Waals surface area contributed by atoms with Gasteiger partial charge in [0.2, 0.25) is 12.3 Å². The number of ether oxygens (including phenoxy) is 3. The standard InChI is InChI=1S/C21H22F3NO5S/c1-28-18(15-5-9-17(10-6-15)30-21(22,23)24)12-29-16-7-3-14(4-8-16)11-19(31-2)20(27)25-13-26/h3-10,13,18-19H,11-12H2,1-2H3,(H,25,26,27). The van der Waals surface area contributed by atoms with Gasteiger partial charge in [-0.25, -0.2) is 0 Å². The van der Waals surface area contributed by atoms with E-state index in [1.807, 2.05) is 12.1 Å². The summed E-state index contributed by atoms with van der Waals surface area (Å²) in [6.45, 7) is 0.143. The second-order valence-electron chi connectivity index (χ2n) is 6.35. The Balaban J connectivity index is 1.93. The van der Waals surface area contributed by atoms with Crippen molar-refractivity contribution in [3.05, 3.63) is 59.7 Å². The summed E-state index contributed by atoms with van der Waals surface area (Å²) in [5, 5.41) is 1.77. The van der Waals surface area contributed by atoms with Crippen molar-refractivity contribution in [3.63, 3.8) is 0 Å². The van der Waals surface area contributed by atoms with Crippen LogP contribution in [-0.4, -0.2) is 43.9 Å². The van der Waals surface area contributed by atoms with Crippen LogP contribution in [-0.2, 0) is 20.7 Å². The van der Waals surface area contributed by atoms with Crippen LogP contribution in [0, 0.1) is 0 Å². The van der Waals surface area contributed by atoms with Crippen LogP contribution in [0.25, 0.3) is 0 Å². The van der Waals surface area contributed by atoms with Gasteiger partial charge < -0.3 is 14.2 Å². The maximum absolute atomic E-state index is 12.3. The number of halogens is 3. The number of hydrogen-bond acceptors (Lipinski definition) is 6. The Hall–Kier alpha value is -2.72. The van der Waals surface area contributed by atoms with Crippen LogP contribution < -0.4 is 14.8 Å². The van der Waals surface area contributed by atoms with E-state index in [1.165, 1.54) is 43.1 Å². The van der Waals surface area contributed by atoms with Crippen molar-refractivity contribution in [1.29, 1.82) is 0 Å². The highest BCUT2D eigenvalue weighted by atomic mass is 32.2. The molecule has 2 atom stereocenters. The quantitative estimate of drug-likeness (QED) is 0.516. The number of hydrogen-bond donors (Lipinski definition) is 1. The first-order chi connectivity index (χ1) is 14.8. The van der Waals surface area contributed by atoms with E-state index in [2.05, 4.69) is 10.1 Å². The number of thioether (sulfide) groups is 1. The van der Waals surface area contributed by atoms with Gasteiger partial charge in [0.05, 0.1) is 5.25 Å². The van der Waals surface area contributed by atoms with Gasteiger partial charge in [-0.3, -0.25) is 14.9 Å². The smallest absolute Gasteiger partial charge is 0.491 e. The maximum atomic E-state index is 12.3. The topological polar surface area (TPSA) is 73.9 Å². The van der Waals surface area contributed by atoms with Crippen molar-refractivity contribution in [3.8, 4) is 11.5 Å². The van der Waals surface area contributed by atoms with Crippen LogP contribution in [0.4, 0.5) is 13.2 Å². The van der Waals surface area contributed by atoms with Gasteiger partial charge in [0.25, 0.3) is 0 Å². The Morgan fingerprint density at radius 1 is 1.10 bits per heavy atom. The van der Waals surface area contributed by atoms with Crippen LogP contribution in [0.3, 0.4) is 0 Å². The lowest BCUT2D eigenvalue weighted by Crippen LogP contribution is -2.32. The van der Waals surface area contributed by atoms with E-state index >= 15 is 0 Å². The molecule has 168 valence electrons. The summed E-state index contributed by atoms with van der Waals surface area (Å²) in [5.41, 5.74) is 1.54. The molecule has 2 amide bonds. The summed E-state index contributed by atoms with van der Waals surface area (Å²) >= 11 is 1.35. The highest BCUT2D eigenvalue weighted by molar-refractivity contribution is 7.99. The second-order valence-corrected chi connectivity index (χ2v) is 7.39. The molecule has 2 aromatic rings. The van der Waals surface area contributed by atoms with Gasteiger partial charge in [0.15, 0.2) is 0 Å². The molecule has 0 aliphatic heterocycles. The lowest BCUT2D eigenvalue weighted by atomic mass is 10.1. The zero-order valence-electron chi connectivity index (χ0n) is 16.8. The molecule has 6 nitrogen and oxygen atoms in total. The molecule has 0 saturated carbocycles. The summed E-state index contributed by atoms with van der Waals surface area (Å²) in [6.07, 6.45) is -2.63. The zero-order chi connectivity index (χ0) is 22.9. The number of amides is 2. The van der Waals surface area contributed by atoms with Crippen molar-refractivity contribution >= 4 is 24.1 Å². The highest BCUT2D eigenvalue weighted by Gasteiger charge is 2.31. The van der Waals surface area contributed by atoms with Crippen LogP contribution >= 0.6 is 11.8 Å². The SMILES string of the molecule is COC(COc1ccc(CC(SC)C(=O)NC=O)cc1)c1ccc(OC(F)(F)F)cc1. The molecule has 10 heteroatoms. The fourth-order valence-corrected chi connectivity index (χ4v) is 3.37. The van der Waals surface area contributed by atoms with Gasteiger partial charge in [-0.2, -0.15) is 11.8 Å². The normalized spacial score (nSPS) is 13.2. The predicted molar refractivity (Wildman–Crippen MR) is 110 cm³/mol. The van der Waals surface area contributed by atoms with E-state index in [-0.39, 0.29) is 23.5 Å². The van der Waals surface area contributed by atoms with E-state index in [9.17, 15) is 22.8 Å². The molecule has 0 saturated heterocycles. The lowest BCUT2D eigenvalue weighted by molar-refractivity contribution is -0.274. The molecule has 1 N–H and O–H groups in total. The van der Waals surface area contributed by atoms with Gasteiger partial charge in [-0.05, 0) is 48.1 Å². The number of rotatable bonds is 11. The number of carbonyl (C=O) groups excluding carboxylic acids is 2. The first-order valence-electron chi connectivity index (χ1n) is 9.12. The largest absolute Gasteiger partial charge is 0.573 e. The van der Waals surface area contributed by atoms with Crippen molar-refractivity contribution in [2.45, 2.75) is 24.1 Å². The molecular formula is C21H22F3NO5S. The first-order valence-corrected chi connectivity index (χ1v) is 10.4. The molecule has 0 heterocycles. The Kier molecular flexibility index (Phi) is 9.20. The van der Waals surface area contributed by atoms with Crippen LogP contribution in [0.2, 0.25) is 0 Å². The van der Waals surface area contributed by atoms with E-state index in [0.29, 0.717) is 24.1 Å². The lowest BCUT2D eigenvalue weighted by Gasteiger charge is -2.18. The predicted octanol–water partition coefficient (Wildman–Crippen LogP) is 3.90. The average molecular weight is 457 g/mol. The van der Waals surface area contributed by atoms with Crippen LogP contribution in [0.1, 0.15) is 17.2 Å². The fourth-order valence-electron chi connectivity index (χ4n) is 2.73. The van der Waals surface area contributed by atoms with E-state index < -0.39 is 12.5 Å². The summed E-state index contributed by atoms with van der Waals surface area (Å²) < 4.78 is 51.8. The van der Waals surface area contributed by atoms with Gasteiger partial charge in [-0.15, -0.1) is 13.2 Å². The zero-order valence-corrected chi connectivity index (χ0v) is 17.7. The minimum absolute atomic E-state index is 0.143. The molecule has 2 unspecified atom stereocenters. The van der Waals surface area contributed by atoms with Gasteiger partial charge in [0.1, 0.15) is 24.2 Å². The first kappa shape index (κ1) is 24.5. The molecule has 2 rings (SSSR count). The van der Waals surface area contributed by atoms with Crippen LogP contribution in [0.5, 0.6) is 11.5 Å². The summed E-state index contributed by atoms with van der Waals surface area (Å²) in [7, 11) is 1.48. The van der Waals surface area contributed by atoms with Gasteiger partial charge in [-0.1, -0.05) is 24.3 Å². The minimum Gasteiger partial charge on any atom is -0.491 e. The summed E-state index contributed by atoms with van der Waals surface area (Å²) in [6, 6.07) is 12.5. The molecule has 0 spiro atoms. The fraction of sp³-hybridized carbons (Fsp3) is 0.333. The Labute approximate surface area is 182 Å². The third kappa shape index (κ3) is 8.14. The van der Waals surface area contributed by atoms with E-state index in [0.717, 1.165) is 5.56 Å². The minimum atomic E-state index is -4.74. The van der Waals surface area contributed by atoms with Crippen molar-refractivity contribution < 1.29 is 37.0 Å². The monoisotopic (exact) mass is 457 g/mol. The van der Waals surface area contributed by atoms with Gasteiger partial charge >= 0.3 is 6.36 Å². The number of imide groups is 1. The van der Waals surface area contributed by atoms with Crippen LogP contribution in [0.15, 0.2) is 48.5 Å². The van der Waals surface area contributed by atoms with E-state index in [4.69, 9.17) is 9.47 Å². The Morgan fingerprint density at radius 3 is 2.23 bits per heavy atom. The average Bonchev–Trinajstić information content (AvgIpc) is 2.73. The van der Waals surface area contributed by atoms with Crippen molar-refractivity contribution in [2.24, 2.45) is 0 Å². The number of methoxy groups -OCH3 is 1. The molecule has 2 aromatic carbocycles. The number of alkyl halides is 3. The van der Waals surface area contributed by atoms with Gasteiger partial charge in [0, 0.05) is 7.11 Å². The molecule has 0 aliphatic carbocycles. The third-order valence-corrected chi connectivity index (χ3v) is 5.24. The summed E-state index contributed by atoms with van der Waals surface area (Å²) in [5.74, 6) is -0.0914. The molecule has 0 fully saturated rings. The molecule has 0 aromatic heterocycles. The molecular weight excluding hydrogens is 435 g/mol. The molecule has 0 bridgehead atoms. The third-order valence-electron chi connectivity index (χ3n) is 4.29. The number of nitrogens with one attached hydrogen (secondary N) is 1.